The molecule has 5 heterocycles. The van der Waals surface area contributed by atoms with E-state index >= 15 is 0 Å². The molecule has 128 valence electrons. The van der Waals surface area contributed by atoms with Crippen molar-refractivity contribution in [3.63, 3.8) is 0 Å². The summed E-state index contributed by atoms with van der Waals surface area (Å²) in [5.41, 5.74) is 3.35. The number of rotatable bonds is 3. The van der Waals surface area contributed by atoms with E-state index in [-0.39, 0.29) is 0 Å². The fourth-order valence-corrected chi connectivity index (χ4v) is 4.69. The van der Waals surface area contributed by atoms with Crippen LogP contribution in [0.1, 0.15) is 18.4 Å². The first kappa shape index (κ1) is 15.2. The zero-order valence-electron chi connectivity index (χ0n) is 14.0. The molecule has 0 saturated carbocycles. The van der Waals surface area contributed by atoms with Gasteiger partial charge in [0.15, 0.2) is 0 Å². The van der Waals surface area contributed by atoms with Gasteiger partial charge in [0.1, 0.15) is 16.9 Å². The minimum Gasteiger partial charge on any atom is -0.353 e. The molecule has 0 spiro atoms. The lowest BCUT2D eigenvalue weighted by Gasteiger charge is -2.36. The van der Waals surface area contributed by atoms with Gasteiger partial charge in [-0.25, -0.2) is 4.98 Å². The first-order chi connectivity index (χ1) is 12.3. The topological polar surface area (TPSA) is 58.0 Å². The maximum atomic E-state index is 4.51. The molecule has 3 aliphatic rings. The number of anilines is 1. The molecule has 7 heteroatoms. The number of benzene rings is 1. The molecule has 0 aliphatic carbocycles. The van der Waals surface area contributed by atoms with E-state index in [1.165, 1.54) is 30.1 Å². The molecule has 25 heavy (non-hydrogen) atoms. The third-order valence-corrected chi connectivity index (χ3v) is 5.96. The minimum atomic E-state index is 0.574. The summed E-state index contributed by atoms with van der Waals surface area (Å²) < 4.78 is 8.68. The molecule has 3 fully saturated rings. The molecule has 0 radical (unpaired) electrons. The third kappa shape index (κ3) is 2.98. The van der Waals surface area contributed by atoms with Gasteiger partial charge in [-0.1, -0.05) is 6.07 Å². The number of nitrogens with zero attached hydrogens (tertiary/aromatic N) is 6. The van der Waals surface area contributed by atoms with Gasteiger partial charge in [0.2, 0.25) is 0 Å². The number of aromatic nitrogens is 4. The Bertz CT molecular complexity index is 866. The number of fused-ring (bicyclic) bond motifs is 5. The number of piperidine rings is 1. The maximum absolute atomic E-state index is 4.51. The average Bonchev–Trinajstić information content (AvgIpc) is 2.93. The molecule has 0 unspecified atom stereocenters. The highest BCUT2D eigenvalue weighted by molar-refractivity contribution is 7.00. The van der Waals surface area contributed by atoms with Gasteiger partial charge < -0.3 is 4.90 Å². The van der Waals surface area contributed by atoms with E-state index in [4.69, 9.17) is 0 Å². The van der Waals surface area contributed by atoms with Crippen molar-refractivity contribution in [3.05, 3.63) is 42.4 Å². The van der Waals surface area contributed by atoms with Crippen LogP contribution in [0.5, 0.6) is 0 Å². The van der Waals surface area contributed by atoms with E-state index in [2.05, 4.69) is 46.7 Å². The summed E-state index contributed by atoms with van der Waals surface area (Å²) >= 11 is 1.29. The van der Waals surface area contributed by atoms with Crippen molar-refractivity contribution < 1.29 is 0 Å². The first-order valence-electron chi connectivity index (χ1n) is 8.81. The fraction of sp³-hybridized carbons (Fsp3) is 0.444. The SMILES string of the molecule is c1cnc(N2C[C@@H]3CC[C@H](C2)N(Cc2ccc4nsnc4c2)C3)cn1. The highest BCUT2D eigenvalue weighted by Crippen LogP contribution is 2.31. The Kier molecular flexibility index (Phi) is 3.83. The van der Waals surface area contributed by atoms with E-state index in [0.717, 1.165) is 43.0 Å². The Hall–Kier alpha value is -2.12. The summed E-state index contributed by atoms with van der Waals surface area (Å²) in [4.78, 5) is 13.8. The zero-order valence-corrected chi connectivity index (χ0v) is 14.8. The Balaban J connectivity index is 1.36. The lowest BCUT2D eigenvalue weighted by molar-refractivity contribution is 0.126. The van der Waals surface area contributed by atoms with Gasteiger partial charge in [0.05, 0.1) is 17.9 Å². The monoisotopic (exact) mass is 352 g/mol. The van der Waals surface area contributed by atoms with Crippen molar-refractivity contribution >= 4 is 28.6 Å². The average molecular weight is 352 g/mol. The normalized spacial score (nSPS) is 23.9. The smallest absolute Gasteiger partial charge is 0.147 e. The van der Waals surface area contributed by atoms with E-state index in [1.54, 1.807) is 12.4 Å². The number of hydrogen-bond acceptors (Lipinski definition) is 7. The molecular weight excluding hydrogens is 332 g/mol. The molecule has 2 atom stereocenters. The maximum Gasteiger partial charge on any atom is 0.147 e. The molecule has 0 N–H and O–H groups in total. The van der Waals surface area contributed by atoms with Crippen molar-refractivity contribution in [3.8, 4) is 0 Å². The van der Waals surface area contributed by atoms with Crippen LogP contribution in [0.15, 0.2) is 36.8 Å². The van der Waals surface area contributed by atoms with Crippen molar-refractivity contribution in [2.75, 3.05) is 24.5 Å². The predicted octanol–water partition coefficient (Wildman–Crippen LogP) is 2.58. The predicted molar refractivity (Wildman–Crippen MR) is 98.6 cm³/mol. The quantitative estimate of drug-likeness (QED) is 0.722. The van der Waals surface area contributed by atoms with Crippen LogP contribution in [-0.4, -0.2) is 49.3 Å². The summed E-state index contributed by atoms with van der Waals surface area (Å²) in [6.45, 7) is 4.27. The third-order valence-electron chi connectivity index (χ3n) is 5.40. The molecule has 2 bridgehead atoms. The second kappa shape index (κ2) is 6.31. The van der Waals surface area contributed by atoms with E-state index < -0.39 is 0 Å². The Morgan fingerprint density at radius 1 is 1.04 bits per heavy atom. The van der Waals surface area contributed by atoms with Crippen molar-refractivity contribution in [2.24, 2.45) is 5.92 Å². The first-order valence-corrected chi connectivity index (χ1v) is 9.54. The van der Waals surface area contributed by atoms with Gasteiger partial charge in [-0.15, -0.1) is 0 Å². The van der Waals surface area contributed by atoms with Crippen LogP contribution in [0.3, 0.4) is 0 Å². The standard InChI is InChI=1S/C18H20N6S/c1-3-15-12-24(18-8-19-5-6-20-18)11-14(1)10-23(15)9-13-2-4-16-17(7-13)22-25-21-16/h2,4-8,14-15H,1,3,9-12H2/t14-,15-/m1/s1. The highest BCUT2D eigenvalue weighted by atomic mass is 32.1. The summed E-state index contributed by atoms with van der Waals surface area (Å²) in [5.74, 6) is 1.71. The molecule has 3 aromatic rings. The van der Waals surface area contributed by atoms with E-state index in [1.807, 2.05) is 6.20 Å². The number of hydrogen-bond donors (Lipinski definition) is 0. The van der Waals surface area contributed by atoms with Gasteiger partial charge in [-0.2, -0.15) is 8.75 Å². The molecule has 2 aromatic heterocycles. The van der Waals surface area contributed by atoms with Crippen LogP contribution < -0.4 is 4.90 Å². The largest absolute Gasteiger partial charge is 0.353 e. The summed E-state index contributed by atoms with van der Waals surface area (Å²) in [6, 6.07) is 7.06. The summed E-state index contributed by atoms with van der Waals surface area (Å²) in [5, 5.41) is 0. The molecule has 0 amide bonds. The van der Waals surface area contributed by atoms with Crippen molar-refractivity contribution in [1.82, 2.24) is 23.6 Å². The van der Waals surface area contributed by atoms with Gasteiger partial charge in [-0.3, -0.25) is 9.88 Å². The lowest BCUT2D eigenvalue weighted by atomic mass is 9.94. The fourth-order valence-electron chi connectivity index (χ4n) is 4.17. The lowest BCUT2D eigenvalue weighted by Crippen LogP contribution is -2.43. The second-order valence-electron chi connectivity index (χ2n) is 7.08. The van der Waals surface area contributed by atoms with Crippen molar-refractivity contribution in [2.45, 2.75) is 25.4 Å². The van der Waals surface area contributed by atoms with Crippen LogP contribution in [0.4, 0.5) is 5.82 Å². The molecule has 3 aliphatic heterocycles. The summed E-state index contributed by atoms with van der Waals surface area (Å²) in [6.07, 6.45) is 8.00. The minimum absolute atomic E-state index is 0.574. The van der Waals surface area contributed by atoms with Crippen LogP contribution in [0.25, 0.3) is 11.0 Å². The molecule has 3 saturated heterocycles. The molecular formula is C18H20N6S. The Labute approximate surface area is 150 Å². The summed E-state index contributed by atoms with van der Waals surface area (Å²) in [7, 11) is 0. The van der Waals surface area contributed by atoms with E-state index in [0.29, 0.717) is 12.0 Å². The van der Waals surface area contributed by atoms with Crippen LogP contribution >= 0.6 is 11.7 Å². The molecule has 6 nitrogen and oxygen atoms in total. The van der Waals surface area contributed by atoms with Crippen LogP contribution in [0.2, 0.25) is 0 Å². The zero-order chi connectivity index (χ0) is 16.6. The Morgan fingerprint density at radius 3 is 2.92 bits per heavy atom. The van der Waals surface area contributed by atoms with Crippen LogP contribution in [0, 0.1) is 5.92 Å². The van der Waals surface area contributed by atoms with Gasteiger partial charge in [-0.05, 0) is 36.5 Å². The van der Waals surface area contributed by atoms with E-state index in [9.17, 15) is 0 Å². The van der Waals surface area contributed by atoms with Crippen LogP contribution in [-0.2, 0) is 6.54 Å². The molecule has 1 aromatic carbocycles. The van der Waals surface area contributed by atoms with Gasteiger partial charge in [0.25, 0.3) is 0 Å². The Morgan fingerprint density at radius 2 is 2.00 bits per heavy atom. The van der Waals surface area contributed by atoms with Crippen molar-refractivity contribution in [1.29, 1.82) is 0 Å². The second-order valence-corrected chi connectivity index (χ2v) is 7.61. The highest BCUT2D eigenvalue weighted by Gasteiger charge is 2.35. The molecule has 6 rings (SSSR count). The van der Waals surface area contributed by atoms with Gasteiger partial charge in [0, 0.05) is 44.6 Å². The van der Waals surface area contributed by atoms with Gasteiger partial charge >= 0.3 is 0 Å².